The first kappa shape index (κ1) is 13.4. The zero-order chi connectivity index (χ0) is 12.0. The predicted molar refractivity (Wildman–Crippen MR) is 64.7 cm³/mol. The highest BCUT2D eigenvalue weighted by Gasteiger charge is 2.24. The molecule has 5 heteroatoms. The number of hydrazine groups is 1. The van der Waals surface area contributed by atoms with E-state index >= 15 is 0 Å². The molecule has 1 amide bonds. The summed E-state index contributed by atoms with van der Waals surface area (Å²) in [7, 11) is 4.22. The zero-order valence-electron chi connectivity index (χ0n) is 10.4. The van der Waals surface area contributed by atoms with Gasteiger partial charge in [0.1, 0.15) is 0 Å². The van der Waals surface area contributed by atoms with Gasteiger partial charge in [0.25, 0.3) is 0 Å². The Balaban J connectivity index is 2.22. The van der Waals surface area contributed by atoms with Crippen molar-refractivity contribution in [1.29, 1.82) is 0 Å². The summed E-state index contributed by atoms with van der Waals surface area (Å²) >= 11 is 0. The molecule has 0 saturated carbocycles. The van der Waals surface area contributed by atoms with Crippen LogP contribution in [0.5, 0.6) is 0 Å². The number of hydrogen-bond acceptors (Lipinski definition) is 4. The summed E-state index contributed by atoms with van der Waals surface area (Å²) in [6.07, 6.45) is 3.98. The largest absolute Gasteiger partial charge is 0.308 e. The van der Waals surface area contributed by atoms with Crippen LogP contribution in [0.15, 0.2) is 0 Å². The van der Waals surface area contributed by atoms with Gasteiger partial charge < -0.3 is 4.90 Å². The summed E-state index contributed by atoms with van der Waals surface area (Å²) in [4.78, 5) is 15.7. The predicted octanol–water partition coefficient (Wildman–Crippen LogP) is -0.217. The Hall–Kier alpha value is -0.650. The van der Waals surface area contributed by atoms with Gasteiger partial charge in [-0.1, -0.05) is 0 Å². The second-order valence-electron chi connectivity index (χ2n) is 4.77. The summed E-state index contributed by atoms with van der Waals surface area (Å²) in [6.45, 7) is 3.29. The lowest BCUT2D eigenvalue weighted by Gasteiger charge is -2.26. The molecule has 1 rings (SSSR count). The van der Waals surface area contributed by atoms with Crippen molar-refractivity contribution in [3.8, 4) is 0 Å². The third kappa shape index (κ3) is 4.47. The number of nitrogens with zero attached hydrogens (tertiary/aromatic N) is 2. The van der Waals surface area contributed by atoms with Crippen LogP contribution in [0.25, 0.3) is 0 Å². The number of likely N-dealkylation sites (tertiary alicyclic amines) is 1. The fourth-order valence-electron chi connectivity index (χ4n) is 2.33. The van der Waals surface area contributed by atoms with Crippen molar-refractivity contribution >= 4 is 5.91 Å². The summed E-state index contributed by atoms with van der Waals surface area (Å²) in [5.74, 6) is 4.97. The molecule has 0 aliphatic carbocycles. The van der Waals surface area contributed by atoms with E-state index in [0.717, 1.165) is 19.5 Å². The Kier molecular flexibility index (Phi) is 5.73. The topological polar surface area (TPSA) is 61.6 Å². The fraction of sp³-hybridized carbons (Fsp3) is 0.909. The first-order chi connectivity index (χ1) is 7.63. The maximum atomic E-state index is 11.0. The zero-order valence-corrected chi connectivity index (χ0v) is 10.4. The highest BCUT2D eigenvalue weighted by Crippen LogP contribution is 2.18. The van der Waals surface area contributed by atoms with Gasteiger partial charge in [0.05, 0.1) is 0 Å². The normalized spacial score (nSPS) is 21.6. The number of carbonyl (C=O) groups excluding carboxylic acids is 1. The van der Waals surface area contributed by atoms with Crippen LogP contribution in [0.1, 0.15) is 25.7 Å². The molecule has 1 fully saturated rings. The summed E-state index contributed by atoms with van der Waals surface area (Å²) in [6, 6.07) is 0.663. The maximum Gasteiger partial charge on any atom is 0.233 e. The Morgan fingerprint density at radius 3 is 2.94 bits per heavy atom. The molecular weight excluding hydrogens is 204 g/mol. The first-order valence-electron chi connectivity index (χ1n) is 6.01. The SMILES string of the molecule is CN(C)CC1CCCN1CCCC(=O)NN. The fourth-order valence-corrected chi connectivity index (χ4v) is 2.33. The molecule has 16 heavy (non-hydrogen) atoms. The number of likely N-dealkylation sites (N-methyl/N-ethyl adjacent to an activating group) is 1. The second kappa shape index (κ2) is 6.83. The van der Waals surface area contributed by atoms with Gasteiger partial charge in [-0.2, -0.15) is 0 Å². The first-order valence-corrected chi connectivity index (χ1v) is 6.01. The van der Waals surface area contributed by atoms with Crippen molar-refractivity contribution < 1.29 is 4.79 Å². The van der Waals surface area contributed by atoms with Gasteiger partial charge in [0.15, 0.2) is 0 Å². The van der Waals surface area contributed by atoms with Gasteiger partial charge in [-0.05, 0) is 46.4 Å². The van der Waals surface area contributed by atoms with E-state index in [1.165, 1.54) is 19.4 Å². The van der Waals surface area contributed by atoms with Crippen LogP contribution in [-0.2, 0) is 4.79 Å². The number of amides is 1. The van der Waals surface area contributed by atoms with Crippen LogP contribution >= 0.6 is 0 Å². The van der Waals surface area contributed by atoms with Crippen molar-refractivity contribution in [2.24, 2.45) is 5.84 Å². The quantitative estimate of drug-likeness (QED) is 0.375. The molecule has 0 bridgehead atoms. The van der Waals surface area contributed by atoms with Crippen LogP contribution in [0, 0.1) is 0 Å². The number of hydrogen-bond donors (Lipinski definition) is 2. The van der Waals surface area contributed by atoms with Gasteiger partial charge in [-0.25, -0.2) is 5.84 Å². The minimum atomic E-state index is -0.0663. The molecule has 5 nitrogen and oxygen atoms in total. The summed E-state index contributed by atoms with van der Waals surface area (Å²) in [5.41, 5.74) is 2.17. The second-order valence-corrected chi connectivity index (χ2v) is 4.77. The van der Waals surface area contributed by atoms with Crippen LogP contribution in [0.3, 0.4) is 0 Å². The number of nitrogens with two attached hydrogens (primary N) is 1. The number of rotatable bonds is 6. The van der Waals surface area contributed by atoms with Gasteiger partial charge in [0.2, 0.25) is 5.91 Å². The standard InChI is InChI=1S/C11H24N4O/c1-14(2)9-10-5-3-7-15(10)8-4-6-11(16)13-12/h10H,3-9,12H2,1-2H3,(H,13,16). The Bertz CT molecular complexity index is 220. The molecule has 1 aliphatic heterocycles. The molecule has 1 saturated heterocycles. The molecule has 0 aromatic carbocycles. The lowest BCUT2D eigenvalue weighted by atomic mass is 10.2. The number of nitrogens with one attached hydrogen (secondary N) is 1. The average Bonchev–Trinajstić information content (AvgIpc) is 2.64. The van der Waals surface area contributed by atoms with E-state index in [0.29, 0.717) is 12.5 Å². The van der Waals surface area contributed by atoms with Gasteiger partial charge in [-0.15, -0.1) is 0 Å². The van der Waals surface area contributed by atoms with E-state index in [4.69, 9.17) is 5.84 Å². The van der Waals surface area contributed by atoms with E-state index in [1.807, 2.05) is 0 Å². The van der Waals surface area contributed by atoms with Gasteiger partial charge in [0, 0.05) is 19.0 Å². The van der Waals surface area contributed by atoms with Crippen LogP contribution in [-0.4, -0.2) is 55.5 Å². The van der Waals surface area contributed by atoms with Crippen LogP contribution < -0.4 is 11.3 Å². The van der Waals surface area contributed by atoms with Crippen molar-refractivity contribution in [2.75, 3.05) is 33.7 Å². The third-order valence-corrected chi connectivity index (χ3v) is 3.09. The Morgan fingerprint density at radius 1 is 1.56 bits per heavy atom. The number of carbonyl (C=O) groups is 1. The maximum absolute atomic E-state index is 11.0. The van der Waals surface area contributed by atoms with Gasteiger partial charge >= 0.3 is 0 Å². The van der Waals surface area contributed by atoms with E-state index in [2.05, 4.69) is 29.3 Å². The molecule has 0 spiro atoms. The van der Waals surface area contributed by atoms with E-state index in [1.54, 1.807) is 0 Å². The van der Waals surface area contributed by atoms with Crippen molar-refractivity contribution in [3.05, 3.63) is 0 Å². The average molecular weight is 228 g/mol. The minimum Gasteiger partial charge on any atom is -0.308 e. The Morgan fingerprint density at radius 2 is 2.31 bits per heavy atom. The molecule has 3 N–H and O–H groups in total. The molecule has 1 unspecified atom stereocenters. The van der Waals surface area contributed by atoms with E-state index < -0.39 is 0 Å². The van der Waals surface area contributed by atoms with Crippen molar-refractivity contribution in [1.82, 2.24) is 15.2 Å². The van der Waals surface area contributed by atoms with Crippen molar-refractivity contribution in [2.45, 2.75) is 31.7 Å². The highest BCUT2D eigenvalue weighted by atomic mass is 16.2. The summed E-state index contributed by atoms with van der Waals surface area (Å²) in [5, 5.41) is 0. The van der Waals surface area contributed by atoms with Crippen molar-refractivity contribution in [3.63, 3.8) is 0 Å². The Labute approximate surface area is 97.9 Å². The minimum absolute atomic E-state index is 0.0663. The highest BCUT2D eigenvalue weighted by molar-refractivity contribution is 5.75. The molecule has 1 aliphatic rings. The molecule has 0 aromatic rings. The molecule has 1 atom stereocenters. The summed E-state index contributed by atoms with van der Waals surface area (Å²) < 4.78 is 0. The molecular formula is C11H24N4O. The lowest BCUT2D eigenvalue weighted by Crippen LogP contribution is -2.38. The van der Waals surface area contributed by atoms with Crippen LogP contribution in [0.2, 0.25) is 0 Å². The van der Waals surface area contributed by atoms with E-state index in [-0.39, 0.29) is 5.91 Å². The van der Waals surface area contributed by atoms with Gasteiger partial charge in [-0.3, -0.25) is 15.1 Å². The molecule has 1 heterocycles. The molecule has 0 aromatic heterocycles. The van der Waals surface area contributed by atoms with Crippen LogP contribution in [0.4, 0.5) is 0 Å². The monoisotopic (exact) mass is 228 g/mol. The third-order valence-electron chi connectivity index (χ3n) is 3.09. The smallest absolute Gasteiger partial charge is 0.233 e. The lowest BCUT2D eigenvalue weighted by molar-refractivity contribution is -0.121. The molecule has 94 valence electrons. The van der Waals surface area contributed by atoms with E-state index in [9.17, 15) is 4.79 Å². The molecule has 0 radical (unpaired) electrons.